The highest BCUT2D eigenvalue weighted by molar-refractivity contribution is 7.99. The number of benzene rings is 3. The van der Waals surface area contributed by atoms with Gasteiger partial charge in [-0.3, -0.25) is 9.59 Å². The fourth-order valence-electron chi connectivity index (χ4n) is 4.43. The minimum Gasteiger partial charge on any atom is -0.497 e. The number of ether oxygens (including phenoxy) is 2. The number of carbonyl (C=O) groups is 2. The van der Waals surface area contributed by atoms with E-state index in [2.05, 4.69) is 15.3 Å². The minimum atomic E-state index is -0.944. The molecule has 1 heterocycles. The first-order valence-corrected chi connectivity index (χ1v) is 14.1. The first-order valence-electron chi connectivity index (χ1n) is 13.2. The Bertz CT molecular complexity index is 1490. The SMILES string of the molecule is COc1ccc(NC(=O)C(c2cccc(OC)c2)N(Cc2ccccc2C)C(=O)CSc2nc(C)cc(C)n2)cc1. The molecule has 0 radical (unpaired) electrons. The summed E-state index contributed by atoms with van der Waals surface area (Å²) in [5.41, 5.74) is 4.85. The summed E-state index contributed by atoms with van der Waals surface area (Å²) in [6.45, 7) is 6.02. The van der Waals surface area contributed by atoms with Gasteiger partial charge in [0.05, 0.1) is 20.0 Å². The largest absolute Gasteiger partial charge is 0.497 e. The van der Waals surface area contributed by atoms with Gasteiger partial charge in [0.1, 0.15) is 17.5 Å². The van der Waals surface area contributed by atoms with Gasteiger partial charge in [-0.2, -0.15) is 0 Å². The highest BCUT2D eigenvalue weighted by Crippen LogP contribution is 2.30. The number of anilines is 1. The van der Waals surface area contributed by atoms with Crippen molar-refractivity contribution in [3.63, 3.8) is 0 Å². The van der Waals surface area contributed by atoms with Crippen LogP contribution in [0, 0.1) is 20.8 Å². The topological polar surface area (TPSA) is 93.7 Å². The molecule has 1 N–H and O–H groups in total. The Balaban J connectivity index is 1.73. The molecular formula is C32H34N4O4S. The Morgan fingerprint density at radius 3 is 2.20 bits per heavy atom. The highest BCUT2D eigenvalue weighted by Gasteiger charge is 2.32. The van der Waals surface area contributed by atoms with E-state index in [4.69, 9.17) is 9.47 Å². The molecule has 4 rings (SSSR count). The number of methoxy groups -OCH3 is 2. The van der Waals surface area contributed by atoms with Crippen molar-refractivity contribution in [2.75, 3.05) is 25.3 Å². The normalized spacial score (nSPS) is 11.4. The molecule has 1 atom stereocenters. The number of amides is 2. The summed E-state index contributed by atoms with van der Waals surface area (Å²) < 4.78 is 10.7. The lowest BCUT2D eigenvalue weighted by atomic mass is 10.0. The van der Waals surface area contributed by atoms with Crippen LogP contribution in [0.2, 0.25) is 0 Å². The Labute approximate surface area is 245 Å². The fourth-order valence-corrected chi connectivity index (χ4v) is 5.27. The van der Waals surface area contributed by atoms with Gasteiger partial charge >= 0.3 is 0 Å². The van der Waals surface area contributed by atoms with Gasteiger partial charge in [-0.05, 0) is 79.9 Å². The summed E-state index contributed by atoms with van der Waals surface area (Å²) in [7, 11) is 3.16. The quantitative estimate of drug-likeness (QED) is 0.177. The maximum atomic E-state index is 14.0. The van der Waals surface area contributed by atoms with Crippen LogP contribution in [0.25, 0.3) is 0 Å². The van der Waals surface area contributed by atoms with Gasteiger partial charge in [0, 0.05) is 23.6 Å². The van der Waals surface area contributed by atoms with E-state index in [9.17, 15) is 9.59 Å². The monoisotopic (exact) mass is 570 g/mol. The summed E-state index contributed by atoms with van der Waals surface area (Å²) in [5.74, 6) is 0.752. The molecule has 0 fully saturated rings. The van der Waals surface area contributed by atoms with Gasteiger partial charge < -0.3 is 19.7 Å². The Hall–Kier alpha value is -4.37. The number of nitrogens with one attached hydrogen (secondary N) is 1. The molecule has 0 saturated heterocycles. The third-order valence-corrected chi connectivity index (χ3v) is 7.37. The average Bonchev–Trinajstić information content (AvgIpc) is 2.96. The van der Waals surface area contributed by atoms with Crippen LogP contribution < -0.4 is 14.8 Å². The smallest absolute Gasteiger partial charge is 0.251 e. The molecule has 0 saturated carbocycles. The zero-order chi connectivity index (χ0) is 29.4. The van der Waals surface area contributed by atoms with E-state index in [-0.39, 0.29) is 24.1 Å². The number of hydrogen-bond acceptors (Lipinski definition) is 7. The van der Waals surface area contributed by atoms with Gasteiger partial charge in [0.15, 0.2) is 5.16 Å². The van der Waals surface area contributed by atoms with Crippen molar-refractivity contribution in [3.8, 4) is 11.5 Å². The molecule has 4 aromatic rings. The van der Waals surface area contributed by atoms with Crippen LogP contribution >= 0.6 is 11.8 Å². The molecule has 8 nitrogen and oxygen atoms in total. The lowest BCUT2D eigenvalue weighted by Crippen LogP contribution is -2.42. The third-order valence-electron chi connectivity index (χ3n) is 6.54. The van der Waals surface area contributed by atoms with Gasteiger partial charge in [0.2, 0.25) is 5.91 Å². The average molecular weight is 571 g/mol. The second-order valence-electron chi connectivity index (χ2n) is 9.57. The van der Waals surface area contributed by atoms with Crippen molar-refractivity contribution < 1.29 is 19.1 Å². The molecule has 1 unspecified atom stereocenters. The van der Waals surface area contributed by atoms with Gasteiger partial charge in [0.25, 0.3) is 5.91 Å². The fraction of sp³-hybridized carbons (Fsp3) is 0.250. The van der Waals surface area contributed by atoms with Gasteiger partial charge in [-0.15, -0.1) is 0 Å². The van der Waals surface area contributed by atoms with Crippen LogP contribution in [-0.2, 0) is 16.1 Å². The molecule has 0 aliphatic carbocycles. The van der Waals surface area contributed by atoms with Crippen LogP contribution in [0.15, 0.2) is 84.0 Å². The zero-order valence-electron chi connectivity index (χ0n) is 23.9. The van der Waals surface area contributed by atoms with Crippen LogP contribution in [0.4, 0.5) is 5.69 Å². The molecule has 212 valence electrons. The van der Waals surface area contributed by atoms with Crippen molar-refractivity contribution >= 4 is 29.3 Å². The second-order valence-corrected chi connectivity index (χ2v) is 10.5. The number of carbonyl (C=O) groups excluding carboxylic acids is 2. The molecule has 1 aromatic heterocycles. The van der Waals surface area contributed by atoms with Crippen LogP contribution in [0.3, 0.4) is 0 Å². The predicted molar refractivity (Wildman–Crippen MR) is 161 cm³/mol. The van der Waals surface area contributed by atoms with Crippen LogP contribution in [-0.4, -0.2) is 46.7 Å². The Kier molecular flexibility index (Phi) is 9.97. The standard InChI is InChI=1S/C32H34N4O4S/c1-21-9-6-7-10-25(21)19-36(29(37)20-41-32-33-22(2)17-23(3)34-32)30(24-11-8-12-28(18-24)40-5)31(38)35-26-13-15-27(39-4)16-14-26/h6-18,30H,19-20H2,1-5H3,(H,35,38). The van der Waals surface area contributed by atoms with Crippen molar-refractivity contribution in [1.82, 2.24) is 14.9 Å². The number of nitrogens with zero attached hydrogens (tertiary/aromatic N) is 3. The number of thioether (sulfide) groups is 1. The first-order chi connectivity index (χ1) is 19.8. The van der Waals surface area contributed by atoms with E-state index in [0.717, 1.165) is 22.5 Å². The van der Waals surface area contributed by atoms with E-state index in [0.29, 0.717) is 27.9 Å². The lowest BCUT2D eigenvalue weighted by molar-refractivity contribution is -0.137. The maximum Gasteiger partial charge on any atom is 0.251 e. The van der Waals surface area contributed by atoms with Crippen molar-refractivity contribution in [3.05, 3.63) is 107 Å². The summed E-state index contributed by atoms with van der Waals surface area (Å²) in [6.07, 6.45) is 0. The van der Waals surface area contributed by atoms with E-state index in [1.54, 1.807) is 49.5 Å². The molecule has 9 heteroatoms. The van der Waals surface area contributed by atoms with Crippen molar-refractivity contribution in [2.24, 2.45) is 0 Å². The summed E-state index contributed by atoms with van der Waals surface area (Å²) >= 11 is 1.26. The van der Waals surface area contributed by atoms with Crippen LogP contribution in [0.1, 0.15) is 34.1 Å². The maximum absolute atomic E-state index is 14.0. The minimum absolute atomic E-state index is 0.0606. The predicted octanol–water partition coefficient (Wildman–Crippen LogP) is 5.92. The van der Waals surface area contributed by atoms with Crippen molar-refractivity contribution in [1.29, 1.82) is 0 Å². The van der Waals surface area contributed by atoms with Crippen LogP contribution in [0.5, 0.6) is 11.5 Å². The van der Waals surface area contributed by atoms with E-state index in [1.165, 1.54) is 11.8 Å². The third kappa shape index (κ3) is 7.85. The molecule has 0 spiro atoms. The molecule has 0 aliphatic heterocycles. The molecular weight excluding hydrogens is 536 g/mol. The van der Waals surface area contributed by atoms with Gasteiger partial charge in [-0.25, -0.2) is 9.97 Å². The number of hydrogen-bond donors (Lipinski definition) is 1. The molecule has 41 heavy (non-hydrogen) atoms. The summed E-state index contributed by atoms with van der Waals surface area (Å²) in [4.78, 5) is 38.6. The van der Waals surface area contributed by atoms with Gasteiger partial charge in [-0.1, -0.05) is 48.2 Å². The number of aryl methyl sites for hydroxylation is 3. The highest BCUT2D eigenvalue weighted by atomic mass is 32.2. The zero-order valence-corrected chi connectivity index (χ0v) is 24.7. The second kappa shape index (κ2) is 13.8. The summed E-state index contributed by atoms with van der Waals surface area (Å²) in [6, 6.07) is 23.1. The van der Waals surface area contributed by atoms with E-state index >= 15 is 0 Å². The van der Waals surface area contributed by atoms with E-state index in [1.807, 2.05) is 69.3 Å². The van der Waals surface area contributed by atoms with E-state index < -0.39 is 6.04 Å². The first kappa shape index (κ1) is 29.6. The molecule has 3 aromatic carbocycles. The Morgan fingerprint density at radius 1 is 0.854 bits per heavy atom. The lowest BCUT2D eigenvalue weighted by Gasteiger charge is -2.32. The summed E-state index contributed by atoms with van der Waals surface area (Å²) in [5, 5.41) is 3.51. The molecule has 0 aliphatic rings. The number of aromatic nitrogens is 2. The Morgan fingerprint density at radius 2 is 1.54 bits per heavy atom. The molecule has 2 amide bonds. The van der Waals surface area contributed by atoms with Crippen molar-refractivity contribution in [2.45, 2.75) is 38.5 Å². The molecule has 0 bridgehead atoms. The number of rotatable bonds is 11.